The lowest BCUT2D eigenvalue weighted by Crippen LogP contribution is -2.05. The Hall–Kier alpha value is -1.57. The smallest absolute Gasteiger partial charge is 0.221 e. The van der Waals surface area contributed by atoms with Gasteiger partial charge in [-0.05, 0) is 24.6 Å². The molecular formula is C11H13NO. The molecule has 1 aromatic carbocycles. The van der Waals surface area contributed by atoms with Crippen LogP contribution in [0.5, 0.6) is 0 Å². The van der Waals surface area contributed by atoms with E-state index in [0.29, 0.717) is 0 Å². The van der Waals surface area contributed by atoms with Crippen molar-refractivity contribution in [1.29, 1.82) is 0 Å². The van der Waals surface area contributed by atoms with Gasteiger partial charge in [-0.2, -0.15) is 0 Å². The number of carbonyl (C=O) groups excluding carboxylic acids is 1. The second kappa shape index (κ2) is 4.45. The number of hydrogen-bond acceptors (Lipinski definition) is 1. The van der Waals surface area contributed by atoms with E-state index >= 15 is 0 Å². The molecule has 2 heteroatoms. The summed E-state index contributed by atoms with van der Waals surface area (Å²) in [4.78, 5) is 10.7. The van der Waals surface area contributed by atoms with Crippen molar-refractivity contribution < 1.29 is 4.79 Å². The van der Waals surface area contributed by atoms with Gasteiger partial charge in [0.1, 0.15) is 0 Å². The zero-order valence-corrected chi connectivity index (χ0v) is 7.87. The molecule has 0 saturated heterocycles. The summed E-state index contributed by atoms with van der Waals surface area (Å²) in [5.74, 6) is -0.0428. The van der Waals surface area contributed by atoms with Crippen LogP contribution in [0, 0.1) is 0 Å². The number of carbonyl (C=O) groups is 1. The van der Waals surface area contributed by atoms with Gasteiger partial charge in [-0.1, -0.05) is 24.3 Å². The van der Waals surface area contributed by atoms with Crippen LogP contribution in [-0.2, 0) is 4.79 Å². The van der Waals surface area contributed by atoms with E-state index in [1.54, 1.807) is 0 Å². The van der Waals surface area contributed by atoms with E-state index in [2.05, 4.69) is 5.32 Å². The van der Waals surface area contributed by atoms with Crippen molar-refractivity contribution in [2.24, 2.45) is 0 Å². The fourth-order valence-electron chi connectivity index (χ4n) is 1.07. The fourth-order valence-corrected chi connectivity index (χ4v) is 1.07. The maximum Gasteiger partial charge on any atom is 0.221 e. The van der Waals surface area contributed by atoms with Crippen LogP contribution < -0.4 is 5.32 Å². The van der Waals surface area contributed by atoms with Crippen molar-refractivity contribution in [1.82, 2.24) is 0 Å². The summed E-state index contributed by atoms with van der Waals surface area (Å²) in [6.07, 6.45) is 3.99. The predicted molar refractivity (Wildman–Crippen MR) is 55.5 cm³/mol. The second-order valence-electron chi connectivity index (χ2n) is 2.80. The van der Waals surface area contributed by atoms with Crippen LogP contribution in [0.2, 0.25) is 0 Å². The minimum Gasteiger partial charge on any atom is -0.326 e. The van der Waals surface area contributed by atoms with Gasteiger partial charge in [-0.3, -0.25) is 4.79 Å². The lowest BCUT2D eigenvalue weighted by Gasteiger charge is -2.01. The minimum atomic E-state index is -0.0428. The van der Waals surface area contributed by atoms with Gasteiger partial charge in [-0.15, -0.1) is 0 Å². The Kier molecular flexibility index (Phi) is 3.26. The standard InChI is InChI=1S/C11H13NO/c1-3-4-10-5-7-11(8-6-10)12-9(2)13/h3-8H,1-2H3,(H,12,13)/b4-3+. The Labute approximate surface area is 78.3 Å². The van der Waals surface area contributed by atoms with Crippen molar-refractivity contribution >= 4 is 17.7 Å². The molecule has 0 aromatic heterocycles. The highest BCUT2D eigenvalue weighted by molar-refractivity contribution is 5.88. The predicted octanol–water partition coefficient (Wildman–Crippen LogP) is 2.68. The summed E-state index contributed by atoms with van der Waals surface area (Å²) in [6, 6.07) is 7.70. The van der Waals surface area contributed by atoms with Crippen LogP contribution in [0.25, 0.3) is 6.08 Å². The lowest BCUT2D eigenvalue weighted by molar-refractivity contribution is -0.114. The van der Waals surface area contributed by atoms with Crippen LogP contribution in [0.15, 0.2) is 30.3 Å². The molecule has 0 bridgehead atoms. The van der Waals surface area contributed by atoms with E-state index in [0.717, 1.165) is 11.3 Å². The van der Waals surface area contributed by atoms with Crippen molar-refractivity contribution in [2.75, 3.05) is 5.32 Å². The first-order valence-corrected chi connectivity index (χ1v) is 4.22. The Balaban J connectivity index is 2.75. The summed E-state index contributed by atoms with van der Waals surface area (Å²) in [5, 5.41) is 2.71. The van der Waals surface area contributed by atoms with Gasteiger partial charge in [0.2, 0.25) is 5.91 Å². The highest BCUT2D eigenvalue weighted by Gasteiger charge is 1.93. The van der Waals surface area contributed by atoms with Gasteiger partial charge in [0.15, 0.2) is 0 Å². The quantitative estimate of drug-likeness (QED) is 0.735. The molecule has 0 heterocycles. The Morgan fingerprint density at radius 1 is 1.31 bits per heavy atom. The second-order valence-corrected chi connectivity index (χ2v) is 2.80. The molecule has 0 spiro atoms. The van der Waals surface area contributed by atoms with Gasteiger partial charge in [0, 0.05) is 12.6 Å². The average Bonchev–Trinajstić information content (AvgIpc) is 2.08. The number of benzene rings is 1. The zero-order valence-electron chi connectivity index (χ0n) is 7.87. The van der Waals surface area contributed by atoms with Gasteiger partial charge >= 0.3 is 0 Å². The minimum absolute atomic E-state index is 0.0428. The van der Waals surface area contributed by atoms with Crippen molar-refractivity contribution in [2.45, 2.75) is 13.8 Å². The summed E-state index contributed by atoms with van der Waals surface area (Å²) < 4.78 is 0. The molecule has 0 radical (unpaired) electrons. The van der Waals surface area contributed by atoms with Crippen LogP contribution in [-0.4, -0.2) is 5.91 Å². The number of amides is 1. The molecule has 0 atom stereocenters. The molecule has 1 amide bonds. The maximum absolute atomic E-state index is 10.7. The van der Waals surface area contributed by atoms with Crippen LogP contribution in [0.4, 0.5) is 5.69 Å². The third kappa shape index (κ3) is 3.11. The normalized spacial score (nSPS) is 10.3. The number of hydrogen-bond donors (Lipinski definition) is 1. The molecule has 0 aliphatic rings. The largest absolute Gasteiger partial charge is 0.326 e. The molecule has 68 valence electrons. The van der Waals surface area contributed by atoms with E-state index in [1.165, 1.54) is 6.92 Å². The van der Waals surface area contributed by atoms with E-state index in [1.807, 2.05) is 43.3 Å². The SMILES string of the molecule is C/C=C/c1ccc(NC(C)=O)cc1. The molecule has 1 N–H and O–H groups in total. The molecule has 1 aromatic rings. The highest BCUT2D eigenvalue weighted by Crippen LogP contribution is 2.10. The molecule has 0 saturated carbocycles. The number of rotatable bonds is 2. The Bertz CT molecular complexity index is 311. The molecule has 1 rings (SSSR count). The number of anilines is 1. The van der Waals surface area contributed by atoms with E-state index < -0.39 is 0 Å². The summed E-state index contributed by atoms with van der Waals surface area (Å²) >= 11 is 0. The molecule has 13 heavy (non-hydrogen) atoms. The summed E-state index contributed by atoms with van der Waals surface area (Å²) in [6.45, 7) is 3.47. The van der Waals surface area contributed by atoms with Crippen LogP contribution in [0.3, 0.4) is 0 Å². The van der Waals surface area contributed by atoms with Gasteiger partial charge in [-0.25, -0.2) is 0 Å². The molecule has 2 nitrogen and oxygen atoms in total. The zero-order chi connectivity index (χ0) is 9.68. The summed E-state index contributed by atoms with van der Waals surface area (Å²) in [5.41, 5.74) is 1.97. The monoisotopic (exact) mass is 175 g/mol. The first kappa shape index (κ1) is 9.52. The Morgan fingerprint density at radius 3 is 2.38 bits per heavy atom. The molecule has 0 fully saturated rings. The first-order chi connectivity index (χ1) is 6.22. The number of allylic oxidation sites excluding steroid dienone is 1. The molecule has 0 aliphatic carbocycles. The van der Waals surface area contributed by atoms with E-state index in [9.17, 15) is 4.79 Å². The maximum atomic E-state index is 10.7. The van der Waals surface area contributed by atoms with Crippen molar-refractivity contribution in [3.8, 4) is 0 Å². The third-order valence-corrected chi connectivity index (χ3v) is 1.59. The topological polar surface area (TPSA) is 29.1 Å². The summed E-state index contributed by atoms with van der Waals surface area (Å²) in [7, 11) is 0. The molecule has 0 unspecified atom stereocenters. The highest BCUT2D eigenvalue weighted by atomic mass is 16.1. The lowest BCUT2D eigenvalue weighted by atomic mass is 10.2. The van der Waals surface area contributed by atoms with Crippen LogP contribution >= 0.6 is 0 Å². The van der Waals surface area contributed by atoms with Crippen molar-refractivity contribution in [3.63, 3.8) is 0 Å². The average molecular weight is 175 g/mol. The fraction of sp³-hybridized carbons (Fsp3) is 0.182. The van der Waals surface area contributed by atoms with Crippen molar-refractivity contribution in [3.05, 3.63) is 35.9 Å². The van der Waals surface area contributed by atoms with E-state index in [-0.39, 0.29) is 5.91 Å². The van der Waals surface area contributed by atoms with Gasteiger partial charge < -0.3 is 5.32 Å². The van der Waals surface area contributed by atoms with Gasteiger partial charge in [0.05, 0.1) is 0 Å². The Morgan fingerprint density at radius 2 is 1.92 bits per heavy atom. The first-order valence-electron chi connectivity index (χ1n) is 4.22. The van der Waals surface area contributed by atoms with Crippen LogP contribution in [0.1, 0.15) is 19.4 Å². The van der Waals surface area contributed by atoms with Gasteiger partial charge in [0.25, 0.3) is 0 Å². The van der Waals surface area contributed by atoms with E-state index in [4.69, 9.17) is 0 Å². The molecule has 0 aliphatic heterocycles. The third-order valence-electron chi connectivity index (χ3n) is 1.59. The molecular weight excluding hydrogens is 162 g/mol. The number of nitrogens with one attached hydrogen (secondary N) is 1.